The molecule has 0 bridgehead atoms. The minimum Gasteiger partial charge on any atom is -0.382 e. The van der Waals surface area contributed by atoms with E-state index in [0.717, 1.165) is 43.9 Å². The first kappa shape index (κ1) is 15.3. The quantitative estimate of drug-likeness (QED) is 0.608. The second-order valence-electron chi connectivity index (χ2n) is 5.05. The van der Waals surface area contributed by atoms with Crippen molar-refractivity contribution >= 4 is 11.8 Å². The summed E-state index contributed by atoms with van der Waals surface area (Å²) in [6, 6.07) is 0. The van der Waals surface area contributed by atoms with Crippen LogP contribution in [0.1, 0.15) is 46.0 Å². The first-order valence-electron chi connectivity index (χ1n) is 7.23. The van der Waals surface area contributed by atoms with E-state index in [1.54, 1.807) is 0 Å². The van der Waals surface area contributed by atoms with Crippen molar-refractivity contribution < 1.29 is 4.74 Å². The Kier molecular flexibility index (Phi) is 9.21. The van der Waals surface area contributed by atoms with Crippen LogP contribution in [0.5, 0.6) is 0 Å². The highest BCUT2D eigenvalue weighted by Gasteiger charge is 2.15. The maximum Gasteiger partial charge on any atom is 0.0477 e. The van der Waals surface area contributed by atoms with E-state index in [-0.39, 0.29) is 0 Å². The molecule has 0 saturated heterocycles. The molecule has 1 atom stereocenters. The fourth-order valence-corrected chi connectivity index (χ4v) is 3.45. The van der Waals surface area contributed by atoms with Gasteiger partial charge in [-0.3, -0.25) is 0 Å². The van der Waals surface area contributed by atoms with Gasteiger partial charge in [0.15, 0.2) is 0 Å². The van der Waals surface area contributed by atoms with Crippen LogP contribution in [0.4, 0.5) is 0 Å². The molecule has 0 heterocycles. The van der Waals surface area contributed by atoms with Crippen LogP contribution in [0, 0.1) is 5.92 Å². The highest BCUT2D eigenvalue weighted by atomic mass is 32.2. The van der Waals surface area contributed by atoms with Gasteiger partial charge >= 0.3 is 0 Å². The minimum atomic E-state index is 0.752. The molecule has 102 valence electrons. The summed E-state index contributed by atoms with van der Waals surface area (Å²) in [5.74, 6) is 2.39. The van der Waals surface area contributed by atoms with Gasteiger partial charge in [0.2, 0.25) is 0 Å². The van der Waals surface area contributed by atoms with Crippen LogP contribution in [0.25, 0.3) is 0 Å². The third-order valence-electron chi connectivity index (χ3n) is 3.37. The average molecular weight is 259 g/mol. The van der Waals surface area contributed by atoms with Gasteiger partial charge in [0.25, 0.3) is 0 Å². The van der Waals surface area contributed by atoms with Gasteiger partial charge in [0.1, 0.15) is 0 Å². The molecule has 1 rings (SSSR count). The summed E-state index contributed by atoms with van der Waals surface area (Å²) in [5.41, 5.74) is 0. The van der Waals surface area contributed by atoms with Gasteiger partial charge in [-0.2, -0.15) is 11.8 Å². The van der Waals surface area contributed by atoms with Crippen molar-refractivity contribution in [2.24, 2.45) is 5.92 Å². The Balaban J connectivity index is 1.85. The molecular formula is C14H29NOS. The lowest BCUT2D eigenvalue weighted by Crippen LogP contribution is -2.25. The Bertz CT molecular complexity index is 172. The van der Waals surface area contributed by atoms with E-state index >= 15 is 0 Å². The van der Waals surface area contributed by atoms with Crippen LogP contribution < -0.4 is 5.32 Å². The van der Waals surface area contributed by atoms with Crippen molar-refractivity contribution in [1.29, 1.82) is 0 Å². The zero-order valence-electron chi connectivity index (χ0n) is 11.5. The first-order chi connectivity index (χ1) is 8.33. The summed E-state index contributed by atoms with van der Waals surface area (Å²) in [7, 11) is 0. The zero-order chi connectivity index (χ0) is 12.3. The monoisotopic (exact) mass is 259 g/mol. The molecule has 0 radical (unpaired) electrons. The number of hydrogen-bond donors (Lipinski definition) is 1. The normalized spacial score (nSPS) is 18.7. The highest BCUT2D eigenvalue weighted by Crippen LogP contribution is 2.29. The molecule has 1 fully saturated rings. The van der Waals surface area contributed by atoms with Gasteiger partial charge in [0, 0.05) is 25.0 Å². The van der Waals surface area contributed by atoms with Gasteiger partial charge in [-0.25, -0.2) is 0 Å². The number of nitrogens with one attached hydrogen (secondary N) is 1. The lowest BCUT2D eigenvalue weighted by molar-refractivity contribution is 0.145. The topological polar surface area (TPSA) is 21.3 Å². The largest absolute Gasteiger partial charge is 0.382 e. The molecule has 0 spiro atoms. The third kappa shape index (κ3) is 8.06. The number of hydrogen-bond acceptors (Lipinski definition) is 3. The van der Waals surface area contributed by atoms with Gasteiger partial charge in [-0.05, 0) is 44.4 Å². The zero-order valence-corrected chi connectivity index (χ0v) is 12.4. The lowest BCUT2D eigenvalue weighted by atomic mass is 10.1. The molecule has 0 aromatic rings. The van der Waals surface area contributed by atoms with E-state index in [4.69, 9.17) is 4.74 Å². The van der Waals surface area contributed by atoms with Gasteiger partial charge in [-0.1, -0.05) is 19.8 Å². The van der Waals surface area contributed by atoms with Gasteiger partial charge in [-0.15, -0.1) is 0 Å². The van der Waals surface area contributed by atoms with E-state index in [1.165, 1.54) is 31.4 Å². The molecule has 0 amide bonds. The predicted octanol–water partition coefficient (Wildman–Crippen LogP) is 3.31. The summed E-state index contributed by atoms with van der Waals surface area (Å²) in [5, 5.41) is 4.27. The van der Waals surface area contributed by atoms with Crippen molar-refractivity contribution in [3.05, 3.63) is 0 Å². The van der Waals surface area contributed by atoms with E-state index in [2.05, 4.69) is 30.9 Å². The van der Waals surface area contributed by atoms with Crippen molar-refractivity contribution in [2.75, 3.05) is 32.1 Å². The molecule has 0 aliphatic heterocycles. The van der Waals surface area contributed by atoms with Crippen molar-refractivity contribution in [3.8, 4) is 0 Å². The summed E-state index contributed by atoms with van der Waals surface area (Å²) in [6.45, 7) is 8.36. The van der Waals surface area contributed by atoms with Crippen molar-refractivity contribution in [2.45, 2.75) is 51.2 Å². The van der Waals surface area contributed by atoms with E-state index in [1.807, 2.05) is 0 Å². The molecule has 1 aliphatic rings. The molecule has 17 heavy (non-hydrogen) atoms. The fourth-order valence-electron chi connectivity index (χ4n) is 2.29. The number of ether oxygens (including phenoxy) is 1. The summed E-state index contributed by atoms with van der Waals surface area (Å²) >= 11 is 2.15. The average Bonchev–Trinajstić information content (AvgIpc) is 2.84. The molecule has 3 heteroatoms. The van der Waals surface area contributed by atoms with Crippen LogP contribution in [-0.4, -0.2) is 37.3 Å². The third-order valence-corrected chi connectivity index (χ3v) is 4.77. The smallest absolute Gasteiger partial charge is 0.0477 e. The Morgan fingerprint density at radius 2 is 2.12 bits per heavy atom. The SMILES string of the molecule is CCOCCCNCC(C)SCC1CCCC1. The maximum atomic E-state index is 5.31. The second-order valence-corrected chi connectivity index (χ2v) is 6.52. The highest BCUT2D eigenvalue weighted by molar-refractivity contribution is 7.99. The lowest BCUT2D eigenvalue weighted by Gasteiger charge is -2.15. The molecule has 0 aromatic heterocycles. The fraction of sp³-hybridized carbons (Fsp3) is 1.00. The van der Waals surface area contributed by atoms with Crippen LogP contribution in [0.2, 0.25) is 0 Å². The van der Waals surface area contributed by atoms with Crippen molar-refractivity contribution in [3.63, 3.8) is 0 Å². The standard InChI is InChI=1S/C14H29NOS/c1-3-16-10-6-9-15-11-13(2)17-12-14-7-4-5-8-14/h13-15H,3-12H2,1-2H3. The Morgan fingerprint density at radius 1 is 1.35 bits per heavy atom. The van der Waals surface area contributed by atoms with Crippen LogP contribution in [0.3, 0.4) is 0 Å². The van der Waals surface area contributed by atoms with Gasteiger partial charge in [0.05, 0.1) is 0 Å². The predicted molar refractivity (Wildman–Crippen MR) is 77.9 cm³/mol. The van der Waals surface area contributed by atoms with Gasteiger partial charge < -0.3 is 10.1 Å². The molecule has 1 N–H and O–H groups in total. The van der Waals surface area contributed by atoms with Crippen LogP contribution in [0.15, 0.2) is 0 Å². The molecular weight excluding hydrogens is 230 g/mol. The molecule has 2 nitrogen and oxygen atoms in total. The van der Waals surface area contributed by atoms with Crippen LogP contribution in [-0.2, 0) is 4.74 Å². The molecule has 1 saturated carbocycles. The Labute approximate surface area is 111 Å². The summed E-state index contributed by atoms with van der Waals surface area (Å²) in [4.78, 5) is 0. The summed E-state index contributed by atoms with van der Waals surface area (Å²) < 4.78 is 5.31. The van der Waals surface area contributed by atoms with E-state index < -0.39 is 0 Å². The minimum absolute atomic E-state index is 0.752. The number of rotatable bonds is 10. The molecule has 1 aliphatic carbocycles. The maximum absolute atomic E-state index is 5.31. The molecule has 0 aromatic carbocycles. The molecule has 1 unspecified atom stereocenters. The van der Waals surface area contributed by atoms with Crippen LogP contribution >= 0.6 is 11.8 Å². The summed E-state index contributed by atoms with van der Waals surface area (Å²) in [6.07, 6.45) is 7.02. The Hall–Kier alpha value is 0.270. The van der Waals surface area contributed by atoms with E-state index in [9.17, 15) is 0 Å². The van der Waals surface area contributed by atoms with Crippen molar-refractivity contribution in [1.82, 2.24) is 5.32 Å². The second kappa shape index (κ2) is 10.2. The Morgan fingerprint density at radius 3 is 2.82 bits per heavy atom. The first-order valence-corrected chi connectivity index (χ1v) is 8.28. The van der Waals surface area contributed by atoms with E-state index in [0.29, 0.717) is 0 Å². The number of thioether (sulfide) groups is 1.